The van der Waals surface area contributed by atoms with E-state index in [-0.39, 0.29) is 12.5 Å². The zero-order chi connectivity index (χ0) is 54.8. The zero-order valence-electron chi connectivity index (χ0n) is 51.0. The first-order valence-electron chi connectivity index (χ1n) is 33.8. The van der Waals surface area contributed by atoms with Gasteiger partial charge in [-0.05, 0) is 70.6 Å². The molecule has 0 heterocycles. The highest BCUT2D eigenvalue weighted by Crippen LogP contribution is 2.18. The second-order valence-corrected chi connectivity index (χ2v) is 22.9. The summed E-state index contributed by atoms with van der Waals surface area (Å²) in [6, 6.07) is -0.539. The second-order valence-electron chi connectivity index (χ2n) is 22.9. The van der Waals surface area contributed by atoms with E-state index in [0.29, 0.717) is 12.8 Å². The number of carbonyl (C=O) groups excluding carboxylic acids is 1. The summed E-state index contributed by atoms with van der Waals surface area (Å²) in [7, 11) is 0. The predicted molar refractivity (Wildman–Crippen MR) is 340 cm³/mol. The molecule has 0 aliphatic carbocycles. The van der Waals surface area contributed by atoms with Crippen molar-refractivity contribution in [2.24, 2.45) is 0 Å². The van der Waals surface area contributed by atoms with Crippen LogP contribution < -0.4 is 5.32 Å². The van der Waals surface area contributed by atoms with E-state index in [1.165, 1.54) is 250 Å². The summed E-state index contributed by atoms with van der Waals surface area (Å²) < 4.78 is 0. The average molecular weight is 1060 g/mol. The molecule has 4 nitrogen and oxygen atoms in total. The topological polar surface area (TPSA) is 69.6 Å². The van der Waals surface area contributed by atoms with Crippen LogP contribution in [0.5, 0.6) is 0 Å². The van der Waals surface area contributed by atoms with Crippen LogP contribution in [0.4, 0.5) is 0 Å². The van der Waals surface area contributed by atoms with Gasteiger partial charge >= 0.3 is 0 Å². The van der Waals surface area contributed by atoms with Gasteiger partial charge in [-0.2, -0.15) is 0 Å². The summed E-state index contributed by atoms with van der Waals surface area (Å²) >= 11 is 0. The summed E-state index contributed by atoms with van der Waals surface area (Å²) in [4.78, 5) is 12.6. The number of aliphatic hydroxyl groups is 2. The largest absolute Gasteiger partial charge is 0.394 e. The van der Waals surface area contributed by atoms with Crippen LogP contribution in [0.15, 0.2) is 85.1 Å². The van der Waals surface area contributed by atoms with Gasteiger partial charge in [0.25, 0.3) is 0 Å². The molecule has 0 radical (unpaired) electrons. The molecule has 76 heavy (non-hydrogen) atoms. The van der Waals surface area contributed by atoms with Gasteiger partial charge in [-0.1, -0.05) is 356 Å². The van der Waals surface area contributed by atoms with E-state index in [1.807, 2.05) is 0 Å². The summed E-state index contributed by atoms with van der Waals surface area (Å²) in [5.41, 5.74) is 0. The van der Waals surface area contributed by atoms with Crippen molar-refractivity contribution in [2.75, 3.05) is 6.61 Å². The summed E-state index contributed by atoms with van der Waals surface area (Å²) in [6.07, 6.45) is 97.6. The lowest BCUT2D eigenvalue weighted by Gasteiger charge is -2.22. The fraction of sp³-hybridized carbons (Fsp3) is 0.792. The van der Waals surface area contributed by atoms with Gasteiger partial charge in [0.1, 0.15) is 0 Å². The standard InChI is InChI=1S/C72H131NO3/c1-3-5-7-9-11-13-15-17-19-21-23-25-27-28-29-30-31-32-33-34-35-36-37-38-39-40-41-42-43-44-46-48-50-52-54-56-58-60-62-64-66-68-72(76)73-70(69-74)71(75)67-65-63-61-59-57-55-53-51-49-47-45-26-24-22-20-18-16-14-12-10-8-6-4-2/h5,7,11,13,17,19,23,25,28-29,31-32,34-35,70-71,74-75H,3-4,6,8-10,12,14-16,18,20-22,24,26-27,30,33,36-69H2,1-2H3,(H,73,76)/b7-5-,13-11-,19-17-,25-23-,29-28-,32-31-,35-34-. The van der Waals surface area contributed by atoms with Gasteiger partial charge in [-0.3, -0.25) is 4.79 Å². The minimum atomic E-state index is -0.662. The first-order valence-corrected chi connectivity index (χ1v) is 33.8. The molecular formula is C72H131NO3. The Labute approximate surface area is 475 Å². The molecule has 0 aromatic carbocycles. The van der Waals surface area contributed by atoms with Gasteiger partial charge in [0.2, 0.25) is 5.91 Å². The predicted octanol–water partition coefficient (Wildman–Crippen LogP) is 23.0. The molecule has 442 valence electrons. The molecular weight excluding hydrogens is 927 g/mol. The second kappa shape index (κ2) is 66.8. The number of aliphatic hydroxyl groups excluding tert-OH is 2. The van der Waals surface area contributed by atoms with E-state index in [1.54, 1.807) is 0 Å². The lowest BCUT2D eigenvalue weighted by Crippen LogP contribution is -2.45. The number of carbonyl (C=O) groups is 1. The summed E-state index contributed by atoms with van der Waals surface area (Å²) in [6.45, 7) is 4.27. The van der Waals surface area contributed by atoms with Gasteiger partial charge < -0.3 is 15.5 Å². The first kappa shape index (κ1) is 73.6. The third-order valence-corrected chi connectivity index (χ3v) is 15.4. The molecule has 0 aliphatic rings. The maximum atomic E-state index is 12.6. The van der Waals surface area contributed by atoms with Gasteiger partial charge in [-0.25, -0.2) is 0 Å². The Morgan fingerprint density at radius 1 is 0.329 bits per heavy atom. The van der Waals surface area contributed by atoms with Crippen molar-refractivity contribution in [1.82, 2.24) is 5.32 Å². The fourth-order valence-electron chi connectivity index (χ4n) is 10.3. The lowest BCUT2D eigenvalue weighted by molar-refractivity contribution is -0.123. The summed E-state index contributed by atoms with van der Waals surface area (Å²) in [5.74, 6) is -0.0266. The molecule has 0 fully saturated rings. The number of allylic oxidation sites excluding steroid dienone is 14. The van der Waals surface area contributed by atoms with Gasteiger partial charge in [0.15, 0.2) is 0 Å². The van der Waals surface area contributed by atoms with Crippen LogP contribution in [-0.4, -0.2) is 34.9 Å². The van der Waals surface area contributed by atoms with Crippen molar-refractivity contribution >= 4 is 5.91 Å². The minimum Gasteiger partial charge on any atom is -0.394 e. The Morgan fingerprint density at radius 3 is 0.868 bits per heavy atom. The molecule has 2 atom stereocenters. The van der Waals surface area contributed by atoms with E-state index < -0.39 is 12.1 Å². The molecule has 0 aromatic heterocycles. The minimum absolute atomic E-state index is 0.0266. The van der Waals surface area contributed by atoms with Crippen LogP contribution in [0.25, 0.3) is 0 Å². The van der Waals surface area contributed by atoms with Crippen molar-refractivity contribution in [1.29, 1.82) is 0 Å². The van der Waals surface area contributed by atoms with E-state index >= 15 is 0 Å². The van der Waals surface area contributed by atoms with Crippen molar-refractivity contribution in [3.05, 3.63) is 85.1 Å². The van der Waals surface area contributed by atoms with Crippen LogP contribution >= 0.6 is 0 Å². The Hall–Kier alpha value is -2.43. The van der Waals surface area contributed by atoms with E-state index in [9.17, 15) is 15.0 Å². The fourth-order valence-corrected chi connectivity index (χ4v) is 10.3. The van der Waals surface area contributed by atoms with Gasteiger partial charge in [0.05, 0.1) is 18.8 Å². The Morgan fingerprint density at radius 2 is 0.579 bits per heavy atom. The number of amides is 1. The molecule has 0 aliphatic heterocycles. The van der Waals surface area contributed by atoms with Crippen molar-refractivity contribution in [2.45, 2.75) is 360 Å². The Kier molecular flexibility index (Phi) is 64.7. The molecule has 0 rings (SSSR count). The number of hydrogen-bond acceptors (Lipinski definition) is 3. The van der Waals surface area contributed by atoms with E-state index in [0.717, 1.165) is 70.6 Å². The normalized spacial score (nSPS) is 13.3. The summed E-state index contributed by atoms with van der Waals surface area (Å²) in [5, 5.41) is 23.4. The number of hydrogen-bond donors (Lipinski definition) is 3. The smallest absolute Gasteiger partial charge is 0.220 e. The van der Waals surface area contributed by atoms with E-state index in [4.69, 9.17) is 0 Å². The molecule has 0 bridgehead atoms. The quantitative estimate of drug-likeness (QED) is 0.0420. The van der Waals surface area contributed by atoms with Gasteiger partial charge in [0, 0.05) is 6.42 Å². The number of rotatable bonds is 62. The molecule has 3 N–H and O–H groups in total. The van der Waals surface area contributed by atoms with Crippen LogP contribution in [0, 0.1) is 0 Å². The van der Waals surface area contributed by atoms with Crippen LogP contribution in [0.3, 0.4) is 0 Å². The molecule has 0 saturated heterocycles. The average Bonchev–Trinajstić information content (AvgIpc) is 3.42. The lowest BCUT2D eigenvalue weighted by atomic mass is 10.0. The molecule has 4 heteroatoms. The molecule has 0 aromatic rings. The third kappa shape index (κ3) is 62.4. The van der Waals surface area contributed by atoms with Crippen molar-refractivity contribution in [3.8, 4) is 0 Å². The molecule has 2 unspecified atom stereocenters. The Bertz CT molecular complexity index is 1340. The third-order valence-electron chi connectivity index (χ3n) is 15.4. The van der Waals surface area contributed by atoms with Gasteiger partial charge in [-0.15, -0.1) is 0 Å². The van der Waals surface area contributed by atoms with Crippen molar-refractivity contribution in [3.63, 3.8) is 0 Å². The molecule has 1 amide bonds. The molecule has 0 spiro atoms. The van der Waals surface area contributed by atoms with Crippen LogP contribution in [-0.2, 0) is 4.79 Å². The monoisotopic (exact) mass is 1060 g/mol. The van der Waals surface area contributed by atoms with E-state index in [2.05, 4.69) is 104 Å². The number of nitrogens with one attached hydrogen (secondary N) is 1. The van der Waals surface area contributed by atoms with Crippen LogP contribution in [0.1, 0.15) is 348 Å². The first-order chi connectivity index (χ1) is 37.7. The Balaban J connectivity index is 3.44. The maximum Gasteiger partial charge on any atom is 0.220 e. The zero-order valence-corrected chi connectivity index (χ0v) is 51.0. The van der Waals surface area contributed by atoms with Crippen LogP contribution in [0.2, 0.25) is 0 Å². The van der Waals surface area contributed by atoms with Crippen molar-refractivity contribution < 1.29 is 15.0 Å². The highest BCUT2D eigenvalue weighted by atomic mass is 16.3. The highest BCUT2D eigenvalue weighted by molar-refractivity contribution is 5.76. The SMILES string of the molecule is CC/C=C\C/C=C\C/C=C\C/C=C\C/C=C\C/C=C\C/C=C\CCCCCCCCCCCCCCCCCCCCCC(=O)NC(CO)C(O)CCCCCCCCCCCCCCCCCCCCCCCCC. The highest BCUT2D eigenvalue weighted by Gasteiger charge is 2.20. The number of unbranched alkanes of at least 4 members (excludes halogenated alkanes) is 41. The molecule has 0 saturated carbocycles. The maximum absolute atomic E-state index is 12.6.